The molecule has 0 amide bonds. The van der Waals surface area contributed by atoms with Gasteiger partial charge in [0.25, 0.3) is 0 Å². The van der Waals surface area contributed by atoms with Crippen LogP contribution in [0.2, 0.25) is 0 Å². The SMILES string of the molecule is CCNCC1(c2cccc3ccccc23)COC1. The Labute approximate surface area is 108 Å². The molecule has 3 rings (SSSR count). The third kappa shape index (κ3) is 1.82. The van der Waals surface area contributed by atoms with Crippen LogP contribution >= 0.6 is 0 Å². The molecule has 0 unspecified atom stereocenters. The maximum atomic E-state index is 5.50. The third-order valence-corrected chi connectivity index (χ3v) is 3.83. The average molecular weight is 241 g/mol. The van der Waals surface area contributed by atoms with Crippen molar-refractivity contribution in [1.82, 2.24) is 5.32 Å². The van der Waals surface area contributed by atoms with Crippen molar-refractivity contribution in [2.75, 3.05) is 26.3 Å². The molecule has 0 radical (unpaired) electrons. The van der Waals surface area contributed by atoms with Crippen LogP contribution in [-0.4, -0.2) is 26.3 Å². The van der Waals surface area contributed by atoms with E-state index in [-0.39, 0.29) is 5.41 Å². The lowest BCUT2D eigenvalue weighted by atomic mass is 9.76. The Kier molecular flexibility index (Phi) is 3.06. The fourth-order valence-corrected chi connectivity index (χ4v) is 2.75. The molecule has 1 saturated heterocycles. The van der Waals surface area contributed by atoms with E-state index in [4.69, 9.17) is 4.74 Å². The molecule has 0 saturated carbocycles. The highest BCUT2D eigenvalue weighted by Gasteiger charge is 2.40. The van der Waals surface area contributed by atoms with Crippen molar-refractivity contribution in [3.63, 3.8) is 0 Å². The lowest BCUT2D eigenvalue weighted by Crippen LogP contribution is -2.53. The zero-order valence-corrected chi connectivity index (χ0v) is 10.8. The molecular weight excluding hydrogens is 222 g/mol. The molecule has 1 fully saturated rings. The van der Waals surface area contributed by atoms with Gasteiger partial charge in [-0.3, -0.25) is 0 Å². The molecule has 0 atom stereocenters. The number of ether oxygens (including phenoxy) is 1. The van der Waals surface area contributed by atoms with Crippen LogP contribution < -0.4 is 5.32 Å². The normalized spacial score (nSPS) is 17.6. The minimum absolute atomic E-state index is 0.164. The standard InChI is InChI=1S/C16H19NO/c1-2-17-10-16(11-18-12-16)15-9-5-7-13-6-3-4-8-14(13)15/h3-9,17H,2,10-12H2,1H3. The predicted octanol–water partition coefficient (Wildman–Crippen LogP) is 2.72. The summed E-state index contributed by atoms with van der Waals surface area (Å²) in [6, 6.07) is 15.2. The highest BCUT2D eigenvalue weighted by atomic mass is 16.5. The van der Waals surface area contributed by atoms with Gasteiger partial charge in [-0.15, -0.1) is 0 Å². The van der Waals surface area contributed by atoms with Gasteiger partial charge in [-0.05, 0) is 22.9 Å². The second-order valence-electron chi connectivity index (χ2n) is 5.08. The molecule has 2 heteroatoms. The largest absolute Gasteiger partial charge is 0.379 e. The van der Waals surface area contributed by atoms with Gasteiger partial charge < -0.3 is 10.1 Å². The molecule has 1 heterocycles. The molecule has 1 aliphatic rings. The van der Waals surface area contributed by atoms with E-state index in [9.17, 15) is 0 Å². The molecular formula is C16H19NO. The molecule has 94 valence electrons. The van der Waals surface area contributed by atoms with Crippen molar-refractivity contribution in [3.05, 3.63) is 48.0 Å². The Bertz CT molecular complexity index is 540. The average Bonchev–Trinajstić information content (AvgIpc) is 2.38. The van der Waals surface area contributed by atoms with Gasteiger partial charge in [0.15, 0.2) is 0 Å². The van der Waals surface area contributed by atoms with Crippen LogP contribution in [0.25, 0.3) is 10.8 Å². The topological polar surface area (TPSA) is 21.3 Å². The first-order chi connectivity index (χ1) is 8.86. The minimum atomic E-state index is 0.164. The molecule has 0 bridgehead atoms. The van der Waals surface area contributed by atoms with E-state index in [0.717, 1.165) is 26.3 Å². The second kappa shape index (κ2) is 4.71. The van der Waals surface area contributed by atoms with Gasteiger partial charge in [0.05, 0.1) is 18.6 Å². The quantitative estimate of drug-likeness (QED) is 0.888. The van der Waals surface area contributed by atoms with Crippen molar-refractivity contribution in [3.8, 4) is 0 Å². The van der Waals surface area contributed by atoms with Gasteiger partial charge in [0.1, 0.15) is 0 Å². The molecule has 0 spiro atoms. The zero-order valence-electron chi connectivity index (χ0n) is 10.8. The van der Waals surface area contributed by atoms with Gasteiger partial charge in [-0.2, -0.15) is 0 Å². The van der Waals surface area contributed by atoms with Gasteiger partial charge >= 0.3 is 0 Å². The highest BCUT2D eigenvalue weighted by molar-refractivity contribution is 5.86. The van der Waals surface area contributed by atoms with Crippen molar-refractivity contribution in [2.45, 2.75) is 12.3 Å². The summed E-state index contributed by atoms with van der Waals surface area (Å²) < 4.78 is 5.50. The molecule has 18 heavy (non-hydrogen) atoms. The Morgan fingerprint density at radius 3 is 2.61 bits per heavy atom. The molecule has 2 aromatic rings. The number of benzene rings is 2. The molecule has 2 aromatic carbocycles. The predicted molar refractivity (Wildman–Crippen MR) is 75.0 cm³/mol. The maximum Gasteiger partial charge on any atom is 0.0598 e. The number of rotatable bonds is 4. The molecule has 2 nitrogen and oxygen atoms in total. The lowest BCUT2D eigenvalue weighted by molar-refractivity contribution is -0.0580. The molecule has 0 aliphatic carbocycles. The van der Waals surface area contributed by atoms with Gasteiger partial charge in [0.2, 0.25) is 0 Å². The Balaban J connectivity index is 2.07. The Hall–Kier alpha value is -1.38. The van der Waals surface area contributed by atoms with E-state index in [2.05, 4.69) is 54.7 Å². The summed E-state index contributed by atoms with van der Waals surface area (Å²) in [6.07, 6.45) is 0. The number of likely N-dealkylation sites (N-methyl/N-ethyl adjacent to an activating group) is 1. The van der Waals surface area contributed by atoms with Crippen molar-refractivity contribution < 1.29 is 4.74 Å². The smallest absolute Gasteiger partial charge is 0.0598 e. The fraction of sp³-hybridized carbons (Fsp3) is 0.375. The molecule has 0 aromatic heterocycles. The summed E-state index contributed by atoms with van der Waals surface area (Å²) in [5, 5.41) is 6.15. The summed E-state index contributed by atoms with van der Waals surface area (Å²) in [5.74, 6) is 0. The fourth-order valence-electron chi connectivity index (χ4n) is 2.75. The van der Waals surface area contributed by atoms with Crippen molar-refractivity contribution in [1.29, 1.82) is 0 Å². The van der Waals surface area contributed by atoms with Crippen LogP contribution in [0.15, 0.2) is 42.5 Å². The van der Waals surface area contributed by atoms with Crippen molar-refractivity contribution in [2.24, 2.45) is 0 Å². The molecule has 1 aliphatic heterocycles. The maximum absolute atomic E-state index is 5.50. The summed E-state index contributed by atoms with van der Waals surface area (Å²) in [4.78, 5) is 0. The summed E-state index contributed by atoms with van der Waals surface area (Å²) >= 11 is 0. The van der Waals surface area contributed by atoms with E-state index < -0.39 is 0 Å². The summed E-state index contributed by atoms with van der Waals surface area (Å²) in [7, 11) is 0. The number of nitrogens with one attached hydrogen (secondary N) is 1. The number of fused-ring (bicyclic) bond motifs is 1. The van der Waals surface area contributed by atoms with Crippen LogP contribution in [0, 0.1) is 0 Å². The Morgan fingerprint density at radius 2 is 1.89 bits per heavy atom. The summed E-state index contributed by atoms with van der Waals surface area (Å²) in [6.45, 7) is 5.81. The molecule has 1 N–H and O–H groups in total. The van der Waals surface area contributed by atoms with Gasteiger partial charge in [-0.25, -0.2) is 0 Å². The van der Waals surface area contributed by atoms with Gasteiger partial charge in [-0.1, -0.05) is 49.4 Å². The van der Waals surface area contributed by atoms with Crippen LogP contribution in [-0.2, 0) is 10.2 Å². The van der Waals surface area contributed by atoms with E-state index in [1.165, 1.54) is 16.3 Å². The van der Waals surface area contributed by atoms with Crippen LogP contribution in [0.1, 0.15) is 12.5 Å². The third-order valence-electron chi connectivity index (χ3n) is 3.83. The van der Waals surface area contributed by atoms with E-state index in [0.29, 0.717) is 0 Å². The highest BCUT2D eigenvalue weighted by Crippen LogP contribution is 2.36. The van der Waals surface area contributed by atoms with Gasteiger partial charge in [0, 0.05) is 6.54 Å². The summed E-state index contributed by atoms with van der Waals surface area (Å²) in [5.41, 5.74) is 1.59. The first-order valence-corrected chi connectivity index (χ1v) is 6.62. The first kappa shape index (κ1) is 11.7. The van der Waals surface area contributed by atoms with E-state index in [1.807, 2.05) is 0 Å². The van der Waals surface area contributed by atoms with E-state index >= 15 is 0 Å². The first-order valence-electron chi connectivity index (χ1n) is 6.62. The monoisotopic (exact) mass is 241 g/mol. The van der Waals surface area contributed by atoms with Crippen molar-refractivity contribution >= 4 is 10.8 Å². The van der Waals surface area contributed by atoms with Crippen LogP contribution in [0.4, 0.5) is 0 Å². The second-order valence-corrected chi connectivity index (χ2v) is 5.08. The zero-order chi connectivity index (χ0) is 12.4. The van der Waals surface area contributed by atoms with Crippen LogP contribution in [0.3, 0.4) is 0 Å². The lowest BCUT2D eigenvalue weighted by Gasteiger charge is -2.42. The van der Waals surface area contributed by atoms with E-state index in [1.54, 1.807) is 0 Å². The van der Waals surface area contributed by atoms with Crippen LogP contribution in [0.5, 0.6) is 0 Å². The Morgan fingerprint density at radius 1 is 1.11 bits per heavy atom. The number of hydrogen-bond acceptors (Lipinski definition) is 2. The number of hydrogen-bond donors (Lipinski definition) is 1. The minimum Gasteiger partial charge on any atom is -0.379 e.